The zero-order valence-electron chi connectivity index (χ0n) is 18.6. The average molecular weight is 497 g/mol. The normalized spacial score (nSPS) is 20.2. The first kappa shape index (κ1) is 24.0. The highest BCUT2D eigenvalue weighted by Crippen LogP contribution is 2.60. The van der Waals surface area contributed by atoms with E-state index in [4.69, 9.17) is 21.1 Å². The molecule has 9 heteroatoms. The monoisotopic (exact) mass is 496 g/mol. The maximum absolute atomic E-state index is 15.5. The lowest BCUT2D eigenvalue weighted by Crippen LogP contribution is -2.37. The fraction of sp³-hybridized carbons (Fsp3) is 0.375. The summed E-state index contributed by atoms with van der Waals surface area (Å²) in [5.74, 6) is -1.05. The van der Waals surface area contributed by atoms with E-state index in [1.807, 2.05) is 39.0 Å². The largest absolute Gasteiger partial charge is 0.492 e. The summed E-state index contributed by atoms with van der Waals surface area (Å²) >= 11 is 7.39. The van der Waals surface area contributed by atoms with Gasteiger partial charge in [0.1, 0.15) is 0 Å². The van der Waals surface area contributed by atoms with E-state index in [0.29, 0.717) is 11.2 Å². The third-order valence-corrected chi connectivity index (χ3v) is 7.18. The molecule has 1 fully saturated rings. The van der Waals surface area contributed by atoms with Gasteiger partial charge in [-0.15, -0.1) is 0 Å². The molecule has 0 amide bonds. The van der Waals surface area contributed by atoms with E-state index in [1.165, 1.54) is 31.0 Å². The van der Waals surface area contributed by atoms with Crippen molar-refractivity contribution < 1.29 is 22.6 Å². The summed E-state index contributed by atoms with van der Waals surface area (Å²) in [4.78, 5) is 4.50. The van der Waals surface area contributed by atoms with E-state index >= 15 is 4.39 Å². The third kappa shape index (κ3) is 4.36. The molecule has 0 aliphatic carbocycles. The molecule has 2 unspecified atom stereocenters. The van der Waals surface area contributed by atoms with E-state index in [-0.39, 0.29) is 27.3 Å². The number of halogens is 4. The Bertz CT molecular complexity index is 1190. The van der Waals surface area contributed by atoms with E-state index in [0.717, 1.165) is 11.1 Å². The van der Waals surface area contributed by atoms with Gasteiger partial charge in [-0.1, -0.05) is 37.6 Å². The fourth-order valence-corrected chi connectivity index (χ4v) is 5.06. The number of rotatable bonds is 8. The number of epoxide rings is 1. The Kier molecular flexibility index (Phi) is 6.46. The van der Waals surface area contributed by atoms with Crippen molar-refractivity contribution in [3.05, 3.63) is 64.6 Å². The summed E-state index contributed by atoms with van der Waals surface area (Å²) in [6.07, 6.45) is -3.44. The zero-order valence-corrected chi connectivity index (χ0v) is 20.2. The van der Waals surface area contributed by atoms with E-state index in [9.17, 15) is 8.78 Å². The van der Waals surface area contributed by atoms with Crippen LogP contribution in [0, 0.1) is 12.7 Å². The van der Waals surface area contributed by atoms with Gasteiger partial charge in [0.25, 0.3) is 0 Å². The molecule has 0 saturated carbocycles. The van der Waals surface area contributed by atoms with E-state index in [1.54, 1.807) is 12.1 Å². The second-order valence-corrected chi connectivity index (χ2v) is 10.2. The smallest absolute Gasteiger partial charge is 0.389 e. The molecule has 4 rings (SSSR count). The van der Waals surface area contributed by atoms with Crippen molar-refractivity contribution in [1.82, 2.24) is 4.98 Å². The van der Waals surface area contributed by atoms with Gasteiger partial charge in [0.15, 0.2) is 17.2 Å². The third-order valence-electron chi connectivity index (χ3n) is 5.62. The van der Waals surface area contributed by atoms with E-state index < -0.39 is 23.6 Å². The van der Waals surface area contributed by atoms with Crippen LogP contribution < -0.4 is 10.1 Å². The second kappa shape index (κ2) is 8.89. The van der Waals surface area contributed by atoms with Crippen molar-refractivity contribution in [3.8, 4) is 5.75 Å². The van der Waals surface area contributed by atoms with Gasteiger partial charge in [0.05, 0.1) is 23.7 Å². The second-order valence-electron chi connectivity index (χ2n) is 8.25. The van der Waals surface area contributed by atoms with Crippen LogP contribution in [0.4, 0.5) is 18.9 Å². The van der Waals surface area contributed by atoms with Crippen LogP contribution in [0.15, 0.2) is 42.5 Å². The highest BCUT2D eigenvalue weighted by atomic mass is 35.5. The molecule has 1 N–H and O–H groups in total. The number of anilines is 1. The maximum Gasteiger partial charge on any atom is 0.389 e. The number of benzene rings is 2. The van der Waals surface area contributed by atoms with Crippen LogP contribution >= 0.6 is 23.4 Å². The molecular formula is C24H24ClF3N2O2S. The number of hydrogen-bond donors (Lipinski definition) is 1. The number of alkyl halides is 2. The number of aromatic nitrogens is 1. The van der Waals surface area contributed by atoms with Crippen molar-refractivity contribution in [1.29, 1.82) is 0 Å². The number of fused-ring (bicyclic) bond motifs is 1. The Morgan fingerprint density at radius 1 is 1.18 bits per heavy atom. The van der Waals surface area contributed by atoms with Crippen LogP contribution in [0.1, 0.15) is 31.1 Å². The average Bonchev–Trinajstić information content (AvgIpc) is 3.33. The van der Waals surface area contributed by atoms with Crippen molar-refractivity contribution in [2.45, 2.75) is 43.8 Å². The molecule has 3 aromatic rings. The molecule has 4 nitrogen and oxygen atoms in total. The van der Waals surface area contributed by atoms with Gasteiger partial charge in [0.2, 0.25) is 0 Å². The fourth-order valence-electron chi connectivity index (χ4n) is 3.86. The van der Waals surface area contributed by atoms with Gasteiger partial charge < -0.3 is 10.1 Å². The molecule has 0 radical (unpaired) electrons. The summed E-state index contributed by atoms with van der Waals surface area (Å²) in [5, 5.41) is 4.01. The van der Waals surface area contributed by atoms with Crippen LogP contribution in [0.5, 0.6) is 5.75 Å². The quantitative estimate of drug-likeness (QED) is 0.340. The van der Waals surface area contributed by atoms with Gasteiger partial charge >= 0.3 is 6.11 Å². The first-order chi connectivity index (χ1) is 15.6. The van der Waals surface area contributed by atoms with Crippen LogP contribution in [0.25, 0.3) is 10.9 Å². The standard InChI is InChI=1S/C24H24ClF3N2O2S/c1-13(2)33-12-23(24(27,28)32-23)22(16-10-11-17(25)21(31-4)20(16)26)30-19-7-5-6-18-15(19)9-8-14(3)29-18/h5-11,13,22,30H,12H2,1-4H3. The number of aryl methyl sites for hydroxylation is 1. The molecule has 2 aromatic carbocycles. The maximum atomic E-state index is 15.5. The lowest BCUT2D eigenvalue weighted by molar-refractivity contribution is 0.000665. The van der Waals surface area contributed by atoms with Crippen LogP contribution in [0.2, 0.25) is 5.02 Å². The van der Waals surface area contributed by atoms with Crippen molar-refractivity contribution in [2.75, 3.05) is 18.2 Å². The van der Waals surface area contributed by atoms with E-state index in [2.05, 4.69) is 10.3 Å². The summed E-state index contributed by atoms with van der Waals surface area (Å²) < 4.78 is 55.3. The topological polar surface area (TPSA) is 46.7 Å². The minimum absolute atomic E-state index is 0.0187. The number of thioether (sulfide) groups is 1. The first-order valence-corrected chi connectivity index (χ1v) is 11.9. The highest BCUT2D eigenvalue weighted by molar-refractivity contribution is 7.99. The predicted molar refractivity (Wildman–Crippen MR) is 127 cm³/mol. The van der Waals surface area contributed by atoms with Crippen LogP contribution in [0.3, 0.4) is 0 Å². The molecular weight excluding hydrogens is 473 g/mol. The number of ether oxygens (including phenoxy) is 2. The SMILES string of the molecule is COc1c(Cl)ccc(C(Nc2cccc3nc(C)ccc23)C2(CSC(C)C)OC2(F)F)c1F. The molecule has 2 heterocycles. The van der Waals surface area contributed by atoms with Crippen molar-refractivity contribution >= 4 is 40.0 Å². The van der Waals surface area contributed by atoms with Gasteiger partial charge in [-0.2, -0.15) is 20.5 Å². The van der Waals surface area contributed by atoms with Crippen molar-refractivity contribution in [2.24, 2.45) is 0 Å². The van der Waals surface area contributed by atoms with Gasteiger partial charge in [-0.3, -0.25) is 9.72 Å². The molecule has 1 aliphatic rings. The van der Waals surface area contributed by atoms with Gasteiger partial charge in [0, 0.05) is 28.1 Å². The molecule has 176 valence electrons. The first-order valence-electron chi connectivity index (χ1n) is 10.4. The molecule has 2 atom stereocenters. The van der Waals surface area contributed by atoms with Gasteiger partial charge in [-0.05, 0) is 42.5 Å². The summed E-state index contributed by atoms with van der Waals surface area (Å²) in [6, 6.07) is 10.7. The molecule has 33 heavy (non-hydrogen) atoms. The number of nitrogens with one attached hydrogen (secondary N) is 1. The lowest BCUT2D eigenvalue weighted by atomic mass is 9.92. The zero-order chi connectivity index (χ0) is 24.0. The number of nitrogens with zero attached hydrogens (tertiary/aromatic N) is 1. The van der Waals surface area contributed by atoms with Crippen molar-refractivity contribution in [3.63, 3.8) is 0 Å². The Balaban J connectivity index is 1.86. The van der Waals surface area contributed by atoms with Crippen LogP contribution in [-0.2, 0) is 4.74 Å². The Labute approximate surface area is 199 Å². The predicted octanol–water partition coefficient (Wildman–Crippen LogP) is 7.00. The highest BCUT2D eigenvalue weighted by Gasteiger charge is 2.78. The molecule has 1 saturated heterocycles. The molecule has 1 aliphatic heterocycles. The lowest BCUT2D eigenvalue weighted by Gasteiger charge is -2.28. The minimum atomic E-state index is -3.44. The number of hydrogen-bond acceptors (Lipinski definition) is 5. The summed E-state index contributed by atoms with van der Waals surface area (Å²) in [7, 11) is 1.28. The van der Waals surface area contributed by atoms with Crippen LogP contribution in [-0.4, -0.2) is 34.8 Å². The molecule has 0 spiro atoms. The number of pyridine rings is 1. The Hall–Kier alpha value is -2.16. The molecule has 0 bridgehead atoms. The minimum Gasteiger partial charge on any atom is -0.492 e. The Morgan fingerprint density at radius 2 is 1.91 bits per heavy atom. The summed E-state index contributed by atoms with van der Waals surface area (Å²) in [6.45, 7) is 5.69. The molecule has 1 aromatic heterocycles. The number of methoxy groups -OCH3 is 1. The Morgan fingerprint density at radius 3 is 2.55 bits per heavy atom. The summed E-state index contributed by atoms with van der Waals surface area (Å²) in [5.41, 5.74) is 0.0870. The van der Waals surface area contributed by atoms with Gasteiger partial charge in [-0.25, -0.2) is 4.39 Å².